The Hall–Kier alpha value is -1.53. The molecular formula is C22H26BrClN2O2. The van der Waals surface area contributed by atoms with Gasteiger partial charge in [-0.25, -0.2) is 0 Å². The Morgan fingerprint density at radius 2 is 2.11 bits per heavy atom. The fraction of sp³-hybridized carbons (Fsp3) is 0.364. The van der Waals surface area contributed by atoms with Crippen molar-refractivity contribution in [2.24, 2.45) is 5.92 Å². The molecular weight excluding hydrogens is 440 g/mol. The van der Waals surface area contributed by atoms with Crippen molar-refractivity contribution in [3.8, 4) is 11.5 Å². The van der Waals surface area contributed by atoms with E-state index >= 15 is 0 Å². The molecule has 0 aliphatic carbocycles. The number of hydrogen-bond donors (Lipinski definition) is 2. The lowest BCUT2D eigenvalue weighted by atomic mass is 10.1. The normalized spacial score (nSPS) is 16.1. The van der Waals surface area contributed by atoms with E-state index in [4.69, 9.17) is 21.1 Å². The Bertz CT molecular complexity index is 794. The van der Waals surface area contributed by atoms with Gasteiger partial charge in [-0.05, 0) is 62.3 Å². The summed E-state index contributed by atoms with van der Waals surface area (Å²) in [5.74, 6) is 2.34. The highest BCUT2D eigenvalue weighted by Crippen LogP contribution is 2.27. The van der Waals surface area contributed by atoms with Gasteiger partial charge in [-0.3, -0.25) is 0 Å². The van der Waals surface area contributed by atoms with E-state index in [-0.39, 0.29) is 0 Å². The average Bonchev–Trinajstić information content (AvgIpc) is 3.20. The van der Waals surface area contributed by atoms with Crippen LogP contribution in [0.2, 0.25) is 5.02 Å². The van der Waals surface area contributed by atoms with Crippen LogP contribution in [-0.2, 0) is 13.2 Å². The van der Waals surface area contributed by atoms with E-state index in [2.05, 4.69) is 33.1 Å². The molecule has 0 saturated carbocycles. The molecule has 0 spiro atoms. The summed E-state index contributed by atoms with van der Waals surface area (Å²) < 4.78 is 12.7. The van der Waals surface area contributed by atoms with E-state index in [0.717, 1.165) is 53.3 Å². The largest absolute Gasteiger partial charge is 0.489 e. The van der Waals surface area contributed by atoms with Gasteiger partial charge in [0.1, 0.15) is 24.7 Å². The summed E-state index contributed by atoms with van der Waals surface area (Å²) in [5.41, 5.74) is 2.03. The molecule has 2 aromatic rings. The topological polar surface area (TPSA) is 42.5 Å². The number of benzene rings is 2. The van der Waals surface area contributed by atoms with Gasteiger partial charge in [-0.2, -0.15) is 0 Å². The third kappa shape index (κ3) is 6.24. The molecule has 1 aliphatic rings. The Labute approximate surface area is 180 Å². The highest BCUT2D eigenvalue weighted by molar-refractivity contribution is 9.10. The summed E-state index contributed by atoms with van der Waals surface area (Å²) >= 11 is 9.71. The summed E-state index contributed by atoms with van der Waals surface area (Å²) in [7, 11) is 0. The Balaban J connectivity index is 1.64. The molecule has 6 heteroatoms. The van der Waals surface area contributed by atoms with Gasteiger partial charge >= 0.3 is 0 Å². The smallest absolute Gasteiger partial charge is 0.124 e. The minimum Gasteiger partial charge on any atom is -0.489 e. The number of halogens is 2. The molecule has 28 heavy (non-hydrogen) atoms. The molecule has 0 aromatic heterocycles. The monoisotopic (exact) mass is 464 g/mol. The third-order valence-electron chi connectivity index (χ3n) is 4.71. The van der Waals surface area contributed by atoms with Crippen molar-refractivity contribution < 1.29 is 9.47 Å². The van der Waals surface area contributed by atoms with Crippen LogP contribution in [-0.4, -0.2) is 26.2 Å². The van der Waals surface area contributed by atoms with Crippen molar-refractivity contribution in [3.05, 3.63) is 69.7 Å². The molecule has 0 radical (unpaired) electrons. The Morgan fingerprint density at radius 3 is 2.86 bits per heavy atom. The Kier molecular flexibility index (Phi) is 8.22. The minimum absolute atomic E-state index is 0.416. The molecule has 2 N–H and O–H groups in total. The van der Waals surface area contributed by atoms with E-state index in [1.165, 1.54) is 6.42 Å². The highest BCUT2D eigenvalue weighted by atomic mass is 79.9. The van der Waals surface area contributed by atoms with E-state index in [1.54, 1.807) is 6.08 Å². The highest BCUT2D eigenvalue weighted by Gasteiger charge is 2.14. The lowest BCUT2D eigenvalue weighted by molar-refractivity contribution is 0.304. The quantitative estimate of drug-likeness (QED) is 0.488. The fourth-order valence-corrected chi connectivity index (χ4v) is 3.90. The molecule has 1 saturated heterocycles. The fourth-order valence-electron chi connectivity index (χ4n) is 3.17. The van der Waals surface area contributed by atoms with Crippen LogP contribution in [0.1, 0.15) is 17.5 Å². The zero-order valence-corrected chi connectivity index (χ0v) is 18.2. The summed E-state index contributed by atoms with van der Waals surface area (Å²) in [6, 6.07) is 11.7. The zero-order valence-electron chi connectivity index (χ0n) is 15.8. The summed E-state index contributed by atoms with van der Waals surface area (Å²) in [6.07, 6.45) is 2.98. The lowest BCUT2D eigenvalue weighted by Crippen LogP contribution is -2.24. The summed E-state index contributed by atoms with van der Waals surface area (Å²) in [5, 5.41) is 7.64. The van der Waals surface area contributed by atoms with Crippen LogP contribution in [0.4, 0.5) is 0 Å². The molecule has 3 rings (SSSR count). The van der Waals surface area contributed by atoms with Gasteiger partial charge in [0.15, 0.2) is 0 Å². The van der Waals surface area contributed by atoms with E-state index in [9.17, 15) is 0 Å². The van der Waals surface area contributed by atoms with Crippen molar-refractivity contribution in [2.75, 3.05) is 26.2 Å². The van der Waals surface area contributed by atoms with Gasteiger partial charge in [-0.15, -0.1) is 0 Å². The van der Waals surface area contributed by atoms with Crippen LogP contribution < -0.4 is 20.1 Å². The van der Waals surface area contributed by atoms with E-state index < -0.39 is 0 Å². The maximum absolute atomic E-state index is 6.29. The number of hydrogen-bond acceptors (Lipinski definition) is 4. The zero-order chi connectivity index (χ0) is 19.8. The molecule has 1 heterocycles. The number of rotatable bonds is 10. The van der Waals surface area contributed by atoms with Crippen LogP contribution in [0.15, 0.2) is 53.5 Å². The predicted octanol–water partition coefficient (Wildman–Crippen LogP) is 4.95. The standard InChI is InChI=1S/C22H26BrClN2O2/c1-2-9-27-22-6-5-20(28-15-17-3-4-19(23)11-21(17)24)10-18(22)14-26-13-16-7-8-25-12-16/h2-6,10-11,16,25-26H,1,7-9,12-15H2. The molecule has 4 nitrogen and oxygen atoms in total. The van der Waals surface area contributed by atoms with Crippen LogP contribution in [0.3, 0.4) is 0 Å². The average molecular weight is 466 g/mol. The van der Waals surface area contributed by atoms with Crippen LogP contribution >= 0.6 is 27.5 Å². The Morgan fingerprint density at radius 1 is 1.21 bits per heavy atom. The second-order valence-electron chi connectivity index (χ2n) is 6.88. The third-order valence-corrected chi connectivity index (χ3v) is 5.55. The second-order valence-corrected chi connectivity index (χ2v) is 8.21. The first kappa shape index (κ1) is 21.2. The van der Waals surface area contributed by atoms with Crippen molar-refractivity contribution >= 4 is 27.5 Å². The first-order chi connectivity index (χ1) is 13.7. The minimum atomic E-state index is 0.416. The van der Waals surface area contributed by atoms with Gasteiger partial charge < -0.3 is 20.1 Å². The van der Waals surface area contributed by atoms with Gasteiger partial charge in [0.2, 0.25) is 0 Å². The van der Waals surface area contributed by atoms with Gasteiger partial charge in [0.05, 0.1) is 0 Å². The van der Waals surface area contributed by atoms with Crippen LogP contribution in [0.25, 0.3) is 0 Å². The maximum Gasteiger partial charge on any atom is 0.124 e. The van der Waals surface area contributed by atoms with Crippen LogP contribution in [0, 0.1) is 5.92 Å². The first-order valence-corrected chi connectivity index (χ1v) is 10.7. The molecule has 1 fully saturated rings. The molecule has 0 amide bonds. The van der Waals surface area contributed by atoms with E-state index in [0.29, 0.717) is 24.2 Å². The van der Waals surface area contributed by atoms with Crippen LogP contribution in [0.5, 0.6) is 11.5 Å². The maximum atomic E-state index is 6.29. The molecule has 2 aromatic carbocycles. The number of ether oxygens (including phenoxy) is 2. The van der Waals surface area contributed by atoms with Gasteiger partial charge in [0, 0.05) is 27.2 Å². The summed E-state index contributed by atoms with van der Waals surface area (Å²) in [4.78, 5) is 0. The first-order valence-electron chi connectivity index (χ1n) is 9.50. The van der Waals surface area contributed by atoms with Crippen molar-refractivity contribution in [1.82, 2.24) is 10.6 Å². The van der Waals surface area contributed by atoms with E-state index in [1.807, 2.05) is 36.4 Å². The predicted molar refractivity (Wildman–Crippen MR) is 118 cm³/mol. The second kappa shape index (κ2) is 10.9. The summed E-state index contributed by atoms with van der Waals surface area (Å²) in [6.45, 7) is 8.55. The molecule has 1 aliphatic heterocycles. The molecule has 0 bridgehead atoms. The van der Waals surface area contributed by atoms with Gasteiger partial charge in [-0.1, -0.05) is 46.3 Å². The van der Waals surface area contributed by atoms with Crippen molar-refractivity contribution in [3.63, 3.8) is 0 Å². The molecule has 150 valence electrons. The molecule has 1 unspecified atom stereocenters. The van der Waals surface area contributed by atoms with Gasteiger partial charge in [0.25, 0.3) is 0 Å². The molecule has 1 atom stereocenters. The lowest BCUT2D eigenvalue weighted by Gasteiger charge is -2.15. The van der Waals surface area contributed by atoms with Crippen molar-refractivity contribution in [2.45, 2.75) is 19.6 Å². The SMILES string of the molecule is C=CCOc1ccc(OCc2ccc(Br)cc2Cl)cc1CNCC1CCNC1. The number of nitrogens with one attached hydrogen (secondary N) is 2. The van der Waals surface area contributed by atoms with Crippen molar-refractivity contribution in [1.29, 1.82) is 0 Å².